The van der Waals surface area contributed by atoms with Crippen LogP contribution in [0.15, 0.2) is 0 Å². The van der Waals surface area contributed by atoms with Gasteiger partial charge in [-0.2, -0.15) is 0 Å². The van der Waals surface area contributed by atoms with Crippen molar-refractivity contribution < 1.29 is 4.74 Å². The average Bonchev–Trinajstić information content (AvgIpc) is 2.30. The molecule has 0 spiro atoms. The van der Waals surface area contributed by atoms with Gasteiger partial charge in [-0.3, -0.25) is 0 Å². The van der Waals surface area contributed by atoms with Gasteiger partial charge < -0.3 is 15.0 Å². The van der Waals surface area contributed by atoms with Crippen molar-refractivity contribution in [3.63, 3.8) is 0 Å². The molecule has 1 heterocycles. The van der Waals surface area contributed by atoms with E-state index in [9.17, 15) is 0 Å². The van der Waals surface area contributed by atoms with E-state index >= 15 is 0 Å². The second kappa shape index (κ2) is 7.85. The van der Waals surface area contributed by atoms with E-state index < -0.39 is 0 Å². The first-order valence-corrected chi connectivity index (χ1v) is 6.73. The van der Waals surface area contributed by atoms with Gasteiger partial charge in [0.15, 0.2) is 5.11 Å². The lowest BCUT2D eigenvalue weighted by atomic mass is 9.99. The maximum absolute atomic E-state index is 5.44. The molecule has 0 bridgehead atoms. The quantitative estimate of drug-likeness (QED) is 0.592. The fourth-order valence-electron chi connectivity index (χ4n) is 2.26. The Balaban J connectivity index is 2.37. The van der Waals surface area contributed by atoms with Crippen molar-refractivity contribution in [2.24, 2.45) is 0 Å². The molecule has 94 valence electrons. The molecule has 3 nitrogen and oxygen atoms in total. The summed E-state index contributed by atoms with van der Waals surface area (Å²) >= 11 is 5.44. The van der Waals surface area contributed by atoms with Gasteiger partial charge in [-0.25, -0.2) is 0 Å². The first-order chi connectivity index (χ1) is 7.79. The minimum Gasteiger partial charge on any atom is -0.383 e. The van der Waals surface area contributed by atoms with Crippen molar-refractivity contribution >= 4 is 17.3 Å². The molecule has 1 rings (SSSR count). The van der Waals surface area contributed by atoms with Gasteiger partial charge in [-0.15, -0.1) is 0 Å². The molecule has 1 unspecified atom stereocenters. The van der Waals surface area contributed by atoms with Crippen LogP contribution in [-0.4, -0.2) is 42.9 Å². The molecule has 1 fully saturated rings. The van der Waals surface area contributed by atoms with Crippen molar-refractivity contribution in [1.82, 2.24) is 10.2 Å². The molecule has 0 saturated carbocycles. The number of hydrogen-bond donors (Lipinski definition) is 1. The third-order valence-corrected chi connectivity index (χ3v) is 3.47. The lowest BCUT2D eigenvalue weighted by Gasteiger charge is -2.37. The van der Waals surface area contributed by atoms with Gasteiger partial charge in [-0.1, -0.05) is 13.3 Å². The Bertz CT molecular complexity index is 209. The Hall–Kier alpha value is -0.350. The lowest BCUT2D eigenvalue weighted by molar-refractivity contribution is 0.197. The van der Waals surface area contributed by atoms with Crippen LogP contribution in [0.2, 0.25) is 0 Å². The van der Waals surface area contributed by atoms with Gasteiger partial charge in [0.05, 0.1) is 6.61 Å². The molecule has 1 N–H and O–H groups in total. The Kier molecular flexibility index (Phi) is 6.73. The molecular formula is C12H24N2OS. The summed E-state index contributed by atoms with van der Waals surface area (Å²) < 4.78 is 5.01. The second-order valence-corrected chi connectivity index (χ2v) is 4.74. The highest BCUT2D eigenvalue weighted by molar-refractivity contribution is 7.80. The third kappa shape index (κ3) is 4.26. The molecule has 0 aromatic heterocycles. The fraction of sp³-hybridized carbons (Fsp3) is 0.917. The molecule has 0 amide bonds. The van der Waals surface area contributed by atoms with Crippen molar-refractivity contribution in [3.8, 4) is 0 Å². The van der Waals surface area contributed by atoms with E-state index in [1.165, 1.54) is 32.1 Å². The molecule has 0 aliphatic carbocycles. The maximum Gasteiger partial charge on any atom is 0.169 e. The largest absolute Gasteiger partial charge is 0.383 e. The Morgan fingerprint density at radius 1 is 1.50 bits per heavy atom. The number of ether oxygens (including phenoxy) is 1. The standard InChI is InChI=1S/C12H24N2OS/c1-3-6-11-7-4-5-9-14(11)12(16)13-8-10-15-2/h11H,3-10H2,1-2H3,(H,13,16). The molecule has 4 heteroatoms. The van der Waals surface area contributed by atoms with Crippen molar-refractivity contribution in [2.45, 2.75) is 45.1 Å². The molecule has 0 aromatic carbocycles. The number of nitrogens with one attached hydrogen (secondary N) is 1. The second-order valence-electron chi connectivity index (χ2n) is 4.36. The molecular weight excluding hydrogens is 220 g/mol. The van der Waals surface area contributed by atoms with Crippen LogP contribution < -0.4 is 5.32 Å². The highest BCUT2D eigenvalue weighted by atomic mass is 32.1. The predicted octanol–water partition coefficient (Wildman–Crippen LogP) is 2.16. The van der Waals surface area contributed by atoms with Crippen molar-refractivity contribution in [3.05, 3.63) is 0 Å². The lowest BCUT2D eigenvalue weighted by Crippen LogP contribution is -2.49. The van der Waals surface area contributed by atoms with Gasteiger partial charge in [-0.05, 0) is 37.9 Å². The molecule has 1 saturated heterocycles. The van der Waals surface area contributed by atoms with E-state index in [0.29, 0.717) is 12.6 Å². The summed E-state index contributed by atoms with van der Waals surface area (Å²) in [4.78, 5) is 2.37. The summed E-state index contributed by atoms with van der Waals surface area (Å²) in [6.07, 6.45) is 6.40. The molecule has 1 aliphatic rings. The van der Waals surface area contributed by atoms with E-state index in [2.05, 4.69) is 17.1 Å². The molecule has 1 atom stereocenters. The first kappa shape index (κ1) is 13.7. The van der Waals surface area contributed by atoms with Crippen LogP contribution >= 0.6 is 12.2 Å². The van der Waals surface area contributed by atoms with Gasteiger partial charge in [0, 0.05) is 26.2 Å². The number of nitrogens with zero attached hydrogens (tertiary/aromatic N) is 1. The zero-order valence-corrected chi connectivity index (χ0v) is 11.3. The van der Waals surface area contributed by atoms with Gasteiger partial charge in [0.25, 0.3) is 0 Å². The normalized spacial score (nSPS) is 20.9. The molecule has 0 radical (unpaired) electrons. The van der Waals surface area contributed by atoms with Crippen LogP contribution in [0.3, 0.4) is 0 Å². The van der Waals surface area contributed by atoms with Crippen molar-refractivity contribution in [2.75, 3.05) is 26.8 Å². The summed E-state index contributed by atoms with van der Waals surface area (Å²) in [5, 5.41) is 4.19. The van der Waals surface area contributed by atoms with Gasteiger partial charge in [0.2, 0.25) is 0 Å². The smallest absolute Gasteiger partial charge is 0.169 e. The van der Waals surface area contributed by atoms with Crippen LogP contribution in [0.5, 0.6) is 0 Å². The van der Waals surface area contributed by atoms with Crippen LogP contribution in [0.1, 0.15) is 39.0 Å². The summed E-state index contributed by atoms with van der Waals surface area (Å²) in [6, 6.07) is 0.654. The maximum atomic E-state index is 5.44. The number of hydrogen-bond acceptors (Lipinski definition) is 2. The summed E-state index contributed by atoms with van der Waals surface area (Å²) in [6.45, 7) is 4.88. The molecule has 0 aromatic rings. The Morgan fingerprint density at radius 2 is 2.31 bits per heavy atom. The van der Waals surface area contributed by atoms with E-state index in [4.69, 9.17) is 17.0 Å². The monoisotopic (exact) mass is 244 g/mol. The number of methoxy groups -OCH3 is 1. The summed E-state index contributed by atoms with van der Waals surface area (Å²) in [5.74, 6) is 0. The number of rotatable bonds is 5. The molecule has 16 heavy (non-hydrogen) atoms. The number of thiocarbonyl (C=S) groups is 1. The van der Waals surface area contributed by atoms with Crippen molar-refractivity contribution in [1.29, 1.82) is 0 Å². The molecule has 1 aliphatic heterocycles. The van der Waals surface area contributed by atoms with Crippen LogP contribution in [0.25, 0.3) is 0 Å². The van der Waals surface area contributed by atoms with Crippen LogP contribution in [-0.2, 0) is 4.74 Å². The average molecular weight is 244 g/mol. The summed E-state index contributed by atoms with van der Waals surface area (Å²) in [7, 11) is 1.71. The van der Waals surface area contributed by atoms with Gasteiger partial charge >= 0.3 is 0 Å². The predicted molar refractivity (Wildman–Crippen MR) is 71.7 cm³/mol. The Morgan fingerprint density at radius 3 is 3.00 bits per heavy atom. The zero-order chi connectivity index (χ0) is 11.8. The van der Waals surface area contributed by atoms with E-state index in [1.54, 1.807) is 7.11 Å². The number of likely N-dealkylation sites (tertiary alicyclic amines) is 1. The van der Waals surface area contributed by atoms with Crippen LogP contribution in [0.4, 0.5) is 0 Å². The topological polar surface area (TPSA) is 24.5 Å². The number of piperidine rings is 1. The van der Waals surface area contributed by atoms with E-state index in [1.807, 2.05) is 0 Å². The highest BCUT2D eigenvalue weighted by Crippen LogP contribution is 2.20. The SMILES string of the molecule is CCCC1CCCCN1C(=S)NCCOC. The minimum atomic E-state index is 0.654. The van der Waals surface area contributed by atoms with Crippen LogP contribution in [0, 0.1) is 0 Å². The minimum absolute atomic E-state index is 0.654. The third-order valence-electron chi connectivity index (χ3n) is 3.09. The summed E-state index contributed by atoms with van der Waals surface area (Å²) in [5.41, 5.74) is 0. The van der Waals surface area contributed by atoms with Gasteiger partial charge in [0.1, 0.15) is 0 Å². The zero-order valence-electron chi connectivity index (χ0n) is 10.5. The fourth-order valence-corrected chi connectivity index (χ4v) is 2.61. The van der Waals surface area contributed by atoms with E-state index in [0.717, 1.165) is 18.2 Å². The highest BCUT2D eigenvalue weighted by Gasteiger charge is 2.23. The Labute approximate surface area is 105 Å². The first-order valence-electron chi connectivity index (χ1n) is 6.33. The van der Waals surface area contributed by atoms with E-state index in [-0.39, 0.29) is 0 Å².